The summed E-state index contributed by atoms with van der Waals surface area (Å²) in [5.74, 6) is -0.402. The summed E-state index contributed by atoms with van der Waals surface area (Å²) in [6.45, 7) is 0. The second-order valence-electron chi connectivity index (χ2n) is 4.93. The fourth-order valence-corrected chi connectivity index (χ4v) is 3.33. The topological polar surface area (TPSA) is 29.5 Å². The summed E-state index contributed by atoms with van der Waals surface area (Å²) in [4.78, 5) is 1.05. The summed E-state index contributed by atoms with van der Waals surface area (Å²) in [6.07, 6.45) is -0.904. The van der Waals surface area contributed by atoms with E-state index in [-0.39, 0.29) is 12.5 Å². The lowest BCUT2D eigenvalue weighted by Crippen LogP contribution is -2.37. The number of thioether (sulfide) groups is 1. The minimum Gasteiger partial charge on any atom is -0.486 e. The summed E-state index contributed by atoms with van der Waals surface area (Å²) >= 11 is 1.62. The normalized spacial score (nSPS) is 18.7. The van der Waals surface area contributed by atoms with Crippen LogP contribution in [0.15, 0.2) is 47.4 Å². The van der Waals surface area contributed by atoms with Gasteiger partial charge in [-0.15, -0.1) is 11.8 Å². The first-order chi connectivity index (χ1) is 10.1. The van der Waals surface area contributed by atoms with Gasteiger partial charge in [-0.1, -0.05) is 18.2 Å². The molecule has 1 N–H and O–H groups in total. The SMILES string of the molecule is OC(Cc1ccc(F)c(F)c1)C1CSc2ccccc2O1. The van der Waals surface area contributed by atoms with Crippen LogP contribution in [0.25, 0.3) is 0 Å². The third-order valence-electron chi connectivity index (χ3n) is 3.39. The molecule has 3 rings (SSSR count). The number of ether oxygens (including phenoxy) is 1. The van der Waals surface area contributed by atoms with Crippen LogP contribution >= 0.6 is 11.8 Å². The van der Waals surface area contributed by atoms with Crippen molar-refractivity contribution in [1.82, 2.24) is 0 Å². The van der Waals surface area contributed by atoms with Gasteiger partial charge in [0.2, 0.25) is 0 Å². The highest BCUT2D eigenvalue weighted by Gasteiger charge is 2.27. The number of para-hydroxylation sites is 1. The molecule has 1 aliphatic rings. The molecule has 110 valence electrons. The van der Waals surface area contributed by atoms with Crippen molar-refractivity contribution >= 4 is 11.8 Å². The van der Waals surface area contributed by atoms with Crippen molar-refractivity contribution in [2.75, 3.05) is 5.75 Å². The Morgan fingerprint density at radius 2 is 2.00 bits per heavy atom. The number of aliphatic hydroxyl groups is 1. The van der Waals surface area contributed by atoms with Crippen LogP contribution in [0.4, 0.5) is 8.78 Å². The Balaban J connectivity index is 1.69. The van der Waals surface area contributed by atoms with E-state index in [1.807, 2.05) is 24.3 Å². The van der Waals surface area contributed by atoms with Crippen molar-refractivity contribution < 1.29 is 18.6 Å². The van der Waals surface area contributed by atoms with Crippen LogP contribution in [0.3, 0.4) is 0 Å². The minimum atomic E-state index is -0.899. The molecule has 2 nitrogen and oxygen atoms in total. The fraction of sp³-hybridized carbons (Fsp3) is 0.250. The Labute approximate surface area is 125 Å². The van der Waals surface area contributed by atoms with E-state index < -0.39 is 17.7 Å². The Hall–Kier alpha value is -1.59. The van der Waals surface area contributed by atoms with E-state index in [1.165, 1.54) is 6.07 Å². The van der Waals surface area contributed by atoms with Gasteiger partial charge >= 0.3 is 0 Å². The molecule has 0 aliphatic carbocycles. The molecule has 0 saturated carbocycles. The first kappa shape index (κ1) is 14.4. The molecular weight excluding hydrogens is 294 g/mol. The zero-order valence-electron chi connectivity index (χ0n) is 11.1. The smallest absolute Gasteiger partial charge is 0.159 e. The first-order valence-electron chi connectivity index (χ1n) is 6.64. The second kappa shape index (κ2) is 6.03. The van der Waals surface area contributed by atoms with Gasteiger partial charge < -0.3 is 9.84 Å². The van der Waals surface area contributed by atoms with Gasteiger partial charge in [0.15, 0.2) is 11.6 Å². The molecule has 0 bridgehead atoms. The molecule has 2 atom stereocenters. The van der Waals surface area contributed by atoms with Gasteiger partial charge in [-0.25, -0.2) is 8.78 Å². The largest absolute Gasteiger partial charge is 0.486 e. The van der Waals surface area contributed by atoms with Crippen molar-refractivity contribution in [1.29, 1.82) is 0 Å². The van der Waals surface area contributed by atoms with Crippen molar-refractivity contribution in [3.05, 3.63) is 59.7 Å². The van der Waals surface area contributed by atoms with Gasteiger partial charge in [0.25, 0.3) is 0 Å². The molecule has 0 radical (unpaired) electrons. The molecule has 1 heterocycles. The highest BCUT2D eigenvalue weighted by atomic mass is 32.2. The van der Waals surface area contributed by atoms with E-state index in [4.69, 9.17) is 4.74 Å². The average molecular weight is 308 g/mol. The number of fused-ring (bicyclic) bond motifs is 1. The number of aliphatic hydroxyl groups excluding tert-OH is 1. The monoisotopic (exact) mass is 308 g/mol. The van der Waals surface area contributed by atoms with Crippen LogP contribution in [0, 0.1) is 11.6 Å². The highest BCUT2D eigenvalue weighted by Crippen LogP contribution is 2.36. The quantitative estimate of drug-likeness (QED) is 0.942. The summed E-state index contributed by atoms with van der Waals surface area (Å²) in [5.41, 5.74) is 0.550. The van der Waals surface area contributed by atoms with E-state index in [1.54, 1.807) is 11.8 Å². The van der Waals surface area contributed by atoms with Gasteiger partial charge in [0.1, 0.15) is 11.9 Å². The maximum absolute atomic E-state index is 13.2. The molecule has 0 fully saturated rings. The van der Waals surface area contributed by atoms with Crippen molar-refractivity contribution in [2.45, 2.75) is 23.5 Å². The number of hydrogen-bond acceptors (Lipinski definition) is 3. The summed E-state index contributed by atoms with van der Waals surface area (Å²) in [6, 6.07) is 11.3. The van der Waals surface area contributed by atoms with Crippen LogP contribution in [0.1, 0.15) is 5.56 Å². The number of hydrogen-bond donors (Lipinski definition) is 1. The van der Waals surface area contributed by atoms with Gasteiger partial charge in [0, 0.05) is 17.1 Å². The summed E-state index contributed by atoms with van der Waals surface area (Å²) in [5, 5.41) is 10.3. The minimum absolute atomic E-state index is 0.227. The Kier molecular flexibility index (Phi) is 4.12. The summed E-state index contributed by atoms with van der Waals surface area (Å²) in [7, 11) is 0. The van der Waals surface area contributed by atoms with Crippen molar-refractivity contribution in [3.63, 3.8) is 0 Å². The zero-order valence-corrected chi connectivity index (χ0v) is 11.9. The van der Waals surface area contributed by atoms with Gasteiger partial charge in [-0.2, -0.15) is 0 Å². The zero-order chi connectivity index (χ0) is 14.8. The van der Waals surface area contributed by atoms with Crippen LogP contribution in [-0.2, 0) is 6.42 Å². The van der Waals surface area contributed by atoms with Gasteiger partial charge in [-0.05, 0) is 29.8 Å². The standard InChI is InChI=1S/C16H14F2O2S/c17-11-6-5-10(7-12(11)18)8-13(19)15-9-21-16-4-2-1-3-14(16)20-15/h1-7,13,15,19H,8-9H2. The lowest BCUT2D eigenvalue weighted by molar-refractivity contribution is 0.0468. The molecule has 0 saturated heterocycles. The Morgan fingerprint density at radius 1 is 1.19 bits per heavy atom. The van der Waals surface area contributed by atoms with E-state index >= 15 is 0 Å². The third kappa shape index (κ3) is 3.19. The lowest BCUT2D eigenvalue weighted by atomic mass is 10.0. The molecule has 0 amide bonds. The Morgan fingerprint density at radius 3 is 2.81 bits per heavy atom. The third-order valence-corrected chi connectivity index (χ3v) is 4.53. The van der Waals surface area contributed by atoms with Gasteiger partial charge in [-0.3, -0.25) is 0 Å². The molecule has 21 heavy (non-hydrogen) atoms. The van der Waals surface area contributed by atoms with Crippen LogP contribution in [0.5, 0.6) is 5.75 Å². The molecule has 2 aromatic rings. The van der Waals surface area contributed by atoms with Gasteiger partial charge in [0.05, 0.1) is 6.10 Å². The number of benzene rings is 2. The van der Waals surface area contributed by atoms with Crippen molar-refractivity contribution in [3.8, 4) is 5.75 Å². The Bertz CT molecular complexity index is 648. The van der Waals surface area contributed by atoms with Crippen LogP contribution in [0.2, 0.25) is 0 Å². The van der Waals surface area contributed by atoms with Crippen LogP contribution in [-0.4, -0.2) is 23.1 Å². The molecule has 5 heteroatoms. The molecule has 0 spiro atoms. The maximum atomic E-state index is 13.2. The lowest BCUT2D eigenvalue weighted by Gasteiger charge is -2.29. The summed E-state index contributed by atoms with van der Waals surface area (Å²) < 4.78 is 31.8. The van der Waals surface area contributed by atoms with Crippen molar-refractivity contribution in [2.24, 2.45) is 0 Å². The van der Waals surface area contributed by atoms with E-state index in [9.17, 15) is 13.9 Å². The molecule has 1 aliphatic heterocycles. The van der Waals surface area contributed by atoms with E-state index in [0.29, 0.717) is 11.3 Å². The number of rotatable bonds is 3. The predicted octanol–water partition coefficient (Wildman–Crippen LogP) is 3.42. The fourth-order valence-electron chi connectivity index (χ4n) is 2.26. The molecular formula is C16H14F2O2S. The average Bonchev–Trinajstić information content (AvgIpc) is 2.50. The van der Waals surface area contributed by atoms with E-state index in [0.717, 1.165) is 22.8 Å². The molecule has 2 unspecified atom stereocenters. The first-order valence-corrected chi connectivity index (χ1v) is 7.62. The predicted molar refractivity (Wildman–Crippen MR) is 77.7 cm³/mol. The number of halogens is 2. The molecule has 2 aromatic carbocycles. The van der Waals surface area contributed by atoms with E-state index in [2.05, 4.69) is 0 Å². The second-order valence-corrected chi connectivity index (χ2v) is 6.00. The molecule has 0 aromatic heterocycles. The van der Waals surface area contributed by atoms with Crippen LogP contribution < -0.4 is 4.74 Å². The maximum Gasteiger partial charge on any atom is 0.159 e. The highest BCUT2D eigenvalue weighted by molar-refractivity contribution is 7.99.